The molecule has 0 atom stereocenters. The SMILES string of the molecule is CN(CCO)c1nc(-c2ccccc2)cs1. The van der Waals surface area contributed by atoms with E-state index in [-0.39, 0.29) is 6.61 Å². The normalized spacial score (nSPS) is 10.4. The van der Waals surface area contributed by atoms with Crippen molar-refractivity contribution in [1.29, 1.82) is 0 Å². The van der Waals surface area contributed by atoms with Gasteiger partial charge in [-0.2, -0.15) is 0 Å². The average Bonchev–Trinajstić information content (AvgIpc) is 2.80. The fourth-order valence-electron chi connectivity index (χ4n) is 1.43. The number of aliphatic hydroxyl groups excluding tert-OH is 1. The van der Waals surface area contributed by atoms with Crippen LogP contribution in [0.3, 0.4) is 0 Å². The molecular weight excluding hydrogens is 220 g/mol. The highest BCUT2D eigenvalue weighted by Gasteiger charge is 2.07. The molecular formula is C12H14N2OS. The van der Waals surface area contributed by atoms with E-state index < -0.39 is 0 Å². The summed E-state index contributed by atoms with van der Waals surface area (Å²) >= 11 is 1.60. The fraction of sp³-hybridized carbons (Fsp3) is 0.250. The molecule has 0 bridgehead atoms. The van der Waals surface area contributed by atoms with E-state index in [2.05, 4.69) is 4.98 Å². The Morgan fingerprint density at radius 1 is 1.31 bits per heavy atom. The van der Waals surface area contributed by atoms with Gasteiger partial charge in [-0.05, 0) is 0 Å². The lowest BCUT2D eigenvalue weighted by molar-refractivity contribution is 0.304. The third-order valence-electron chi connectivity index (χ3n) is 2.32. The molecule has 0 saturated heterocycles. The van der Waals surface area contributed by atoms with Crippen molar-refractivity contribution in [3.05, 3.63) is 35.7 Å². The Labute approximate surface area is 99.0 Å². The molecule has 1 N–H and O–H groups in total. The van der Waals surface area contributed by atoms with Crippen molar-refractivity contribution < 1.29 is 5.11 Å². The number of hydrogen-bond acceptors (Lipinski definition) is 4. The maximum absolute atomic E-state index is 8.86. The summed E-state index contributed by atoms with van der Waals surface area (Å²) in [5, 5.41) is 11.8. The molecule has 2 aromatic rings. The second-order valence-electron chi connectivity index (χ2n) is 3.53. The van der Waals surface area contributed by atoms with Gasteiger partial charge in [0, 0.05) is 24.5 Å². The number of rotatable bonds is 4. The van der Waals surface area contributed by atoms with Crippen LogP contribution in [0, 0.1) is 0 Å². The van der Waals surface area contributed by atoms with E-state index in [9.17, 15) is 0 Å². The van der Waals surface area contributed by atoms with Crippen LogP contribution in [0.2, 0.25) is 0 Å². The number of hydrogen-bond donors (Lipinski definition) is 1. The predicted molar refractivity (Wildman–Crippen MR) is 67.9 cm³/mol. The van der Waals surface area contributed by atoms with Crippen LogP contribution in [0.4, 0.5) is 5.13 Å². The van der Waals surface area contributed by atoms with Crippen LogP contribution in [0.25, 0.3) is 11.3 Å². The zero-order valence-corrected chi connectivity index (χ0v) is 9.94. The average molecular weight is 234 g/mol. The van der Waals surface area contributed by atoms with Crippen LogP contribution in [0.5, 0.6) is 0 Å². The zero-order chi connectivity index (χ0) is 11.4. The molecule has 1 aromatic heterocycles. The van der Waals surface area contributed by atoms with Gasteiger partial charge >= 0.3 is 0 Å². The molecule has 0 amide bonds. The van der Waals surface area contributed by atoms with Crippen molar-refractivity contribution in [2.75, 3.05) is 25.1 Å². The minimum Gasteiger partial charge on any atom is -0.395 e. The van der Waals surface area contributed by atoms with Gasteiger partial charge in [0.2, 0.25) is 0 Å². The van der Waals surface area contributed by atoms with Gasteiger partial charge in [-0.25, -0.2) is 4.98 Å². The monoisotopic (exact) mass is 234 g/mol. The summed E-state index contributed by atoms with van der Waals surface area (Å²) < 4.78 is 0. The van der Waals surface area contributed by atoms with Gasteiger partial charge in [-0.3, -0.25) is 0 Å². The molecule has 1 aromatic carbocycles. The molecule has 4 heteroatoms. The standard InChI is InChI=1S/C12H14N2OS/c1-14(7-8-15)12-13-11(9-16-12)10-5-3-2-4-6-10/h2-6,9,15H,7-8H2,1H3. The van der Waals surface area contributed by atoms with E-state index in [1.807, 2.05) is 47.7 Å². The summed E-state index contributed by atoms with van der Waals surface area (Å²) in [4.78, 5) is 6.49. The van der Waals surface area contributed by atoms with Crippen LogP contribution in [-0.4, -0.2) is 30.3 Å². The summed E-state index contributed by atoms with van der Waals surface area (Å²) in [6, 6.07) is 10.1. The van der Waals surface area contributed by atoms with Crippen molar-refractivity contribution in [3.63, 3.8) is 0 Å². The van der Waals surface area contributed by atoms with Crippen molar-refractivity contribution >= 4 is 16.5 Å². The quantitative estimate of drug-likeness (QED) is 0.881. The largest absolute Gasteiger partial charge is 0.395 e. The first kappa shape index (κ1) is 11.1. The van der Waals surface area contributed by atoms with Gasteiger partial charge in [0.25, 0.3) is 0 Å². The highest BCUT2D eigenvalue weighted by Crippen LogP contribution is 2.26. The van der Waals surface area contributed by atoms with E-state index in [0.29, 0.717) is 6.54 Å². The van der Waals surface area contributed by atoms with Crippen LogP contribution in [0.15, 0.2) is 35.7 Å². The highest BCUT2D eigenvalue weighted by atomic mass is 32.1. The molecule has 16 heavy (non-hydrogen) atoms. The van der Waals surface area contributed by atoms with Crippen LogP contribution in [0.1, 0.15) is 0 Å². The summed E-state index contributed by atoms with van der Waals surface area (Å²) in [5.41, 5.74) is 2.12. The first-order chi connectivity index (χ1) is 7.81. The molecule has 2 rings (SSSR count). The topological polar surface area (TPSA) is 36.4 Å². The third-order valence-corrected chi connectivity index (χ3v) is 3.28. The fourth-order valence-corrected chi connectivity index (χ4v) is 2.25. The minimum atomic E-state index is 0.150. The van der Waals surface area contributed by atoms with Crippen molar-refractivity contribution in [3.8, 4) is 11.3 Å². The molecule has 0 aliphatic rings. The lowest BCUT2D eigenvalue weighted by Gasteiger charge is -2.12. The van der Waals surface area contributed by atoms with Gasteiger partial charge in [0.05, 0.1) is 12.3 Å². The molecule has 0 radical (unpaired) electrons. The van der Waals surface area contributed by atoms with Gasteiger partial charge < -0.3 is 10.0 Å². The smallest absolute Gasteiger partial charge is 0.185 e. The third kappa shape index (κ3) is 2.40. The predicted octanol–water partition coefficient (Wildman–Crippen LogP) is 2.24. The van der Waals surface area contributed by atoms with Crippen molar-refractivity contribution in [2.24, 2.45) is 0 Å². The molecule has 3 nitrogen and oxygen atoms in total. The Kier molecular flexibility index (Phi) is 3.54. The summed E-state index contributed by atoms with van der Waals surface area (Å²) in [6.07, 6.45) is 0. The second kappa shape index (κ2) is 5.09. The van der Waals surface area contributed by atoms with Gasteiger partial charge in [-0.1, -0.05) is 30.3 Å². The maximum Gasteiger partial charge on any atom is 0.185 e. The lowest BCUT2D eigenvalue weighted by atomic mass is 10.2. The number of thiazole rings is 1. The van der Waals surface area contributed by atoms with Crippen molar-refractivity contribution in [2.45, 2.75) is 0 Å². The Hall–Kier alpha value is -1.39. The van der Waals surface area contributed by atoms with Gasteiger partial charge in [0.15, 0.2) is 5.13 Å². The van der Waals surface area contributed by atoms with Crippen LogP contribution >= 0.6 is 11.3 Å². The number of likely N-dealkylation sites (N-methyl/N-ethyl adjacent to an activating group) is 1. The van der Waals surface area contributed by atoms with Crippen molar-refractivity contribution in [1.82, 2.24) is 4.98 Å². The minimum absolute atomic E-state index is 0.150. The molecule has 0 spiro atoms. The number of benzene rings is 1. The summed E-state index contributed by atoms with van der Waals surface area (Å²) in [7, 11) is 1.93. The Morgan fingerprint density at radius 3 is 2.75 bits per heavy atom. The molecule has 0 aliphatic carbocycles. The van der Waals surface area contributed by atoms with Gasteiger partial charge in [-0.15, -0.1) is 11.3 Å². The number of nitrogens with zero attached hydrogens (tertiary/aromatic N) is 2. The number of aromatic nitrogens is 1. The number of aliphatic hydroxyl groups is 1. The second-order valence-corrected chi connectivity index (χ2v) is 4.36. The zero-order valence-electron chi connectivity index (χ0n) is 9.13. The van der Waals surface area contributed by atoms with E-state index in [1.165, 1.54) is 0 Å². The van der Waals surface area contributed by atoms with Crippen LogP contribution < -0.4 is 4.90 Å². The molecule has 0 fully saturated rings. The van der Waals surface area contributed by atoms with E-state index in [0.717, 1.165) is 16.4 Å². The Morgan fingerprint density at radius 2 is 2.06 bits per heavy atom. The molecule has 1 heterocycles. The lowest BCUT2D eigenvalue weighted by Crippen LogP contribution is -2.20. The first-order valence-electron chi connectivity index (χ1n) is 5.14. The first-order valence-corrected chi connectivity index (χ1v) is 6.02. The Bertz CT molecular complexity index is 441. The van der Waals surface area contributed by atoms with Gasteiger partial charge in [0.1, 0.15) is 0 Å². The number of anilines is 1. The molecule has 0 aliphatic heterocycles. The molecule has 0 unspecified atom stereocenters. The summed E-state index contributed by atoms with van der Waals surface area (Å²) in [6.45, 7) is 0.762. The van der Waals surface area contributed by atoms with E-state index in [4.69, 9.17) is 5.11 Å². The van der Waals surface area contributed by atoms with E-state index >= 15 is 0 Å². The highest BCUT2D eigenvalue weighted by molar-refractivity contribution is 7.14. The van der Waals surface area contributed by atoms with E-state index in [1.54, 1.807) is 11.3 Å². The Balaban J connectivity index is 2.20. The molecule has 0 saturated carbocycles. The molecule has 84 valence electrons. The summed E-state index contributed by atoms with van der Waals surface area (Å²) in [5.74, 6) is 0. The maximum atomic E-state index is 8.86. The van der Waals surface area contributed by atoms with Crippen LogP contribution in [-0.2, 0) is 0 Å².